The van der Waals surface area contributed by atoms with Gasteiger partial charge in [-0.05, 0) is 37.9 Å². The van der Waals surface area contributed by atoms with E-state index >= 15 is 0 Å². The Kier molecular flexibility index (Phi) is 4.91. The van der Waals surface area contributed by atoms with Gasteiger partial charge in [0.05, 0.1) is 6.54 Å². The number of hydrogen-bond donors (Lipinski definition) is 2. The largest absolute Gasteiger partial charge is 0.460 e. The first kappa shape index (κ1) is 14.9. The third-order valence-electron chi connectivity index (χ3n) is 3.72. The Bertz CT molecular complexity index is 603. The summed E-state index contributed by atoms with van der Waals surface area (Å²) in [5.74, 6) is 1.98. The van der Waals surface area contributed by atoms with Gasteiger partial charge in [0, 0.05) is 18.0 Å². The van der Waals surface area contributed by atoms with E-state index in [1.165, 1.54) is 0 Å². The third kappa shape index (κ3) is 4.46. The zero-order valence-electron chi connectivity index (χ0n) is 12.7. The first-order chi connectivity index (χ1) is 10.8. The van der Waals surface area contributed by atoms with E-state index in [0.717, 1.165) is 42.9 Å². The predicted octanol–water partition coefficient (Wildman–Crippen LogP) is 3.10. The summed E-state index contributed by atoms with van der Waals surface area (Å²) in [4.78, 5) is 11.5. The number of hydrogen-bond acceptors (Lipinski definition) is 3. The van der Waals surface area contributed by atoms with E-state index in [1.54, 1.807) is 0 Å². The molecule has 1 amide bonds. The zero-order chi connectivity index (χ0) is 15.2. The average Bonchev–Trinajstić information content (AvgIpc) is 3.22. The summed E-state index contributed by atoms with van der Waals surface area (Å²) < 4.78 is 5.82. The Morgan fingerprint density at radius 3 is 2.73 bits per heavy atom. The van der Waals surface area contributed by atoms with Crippen LogP contribution in [-0.2, 0) is 11.3 Å². The maximum Gasteiger partial charge on any atom is 0.220 e. The lowest BCUT2D eigenvalue weighted by molar-refractivity contribution is -0.121. The standard InChI is InChI=1S/C18H22N2O2/c21-18(20-15-8-9-15)7-4-12-19-13-16-10-11-17(22-16)14-5-2-1-3-6-14/h1-3,5-6,10-11,15,19H,4,7-9,12-13H2,(H,20,21). The summed E-state index contributed by atoms with van der Waals surface area (Å²) in [6.45, 7) is 1.51. The van der Waals surface area contributed by atoms with E-state index in [1.807, 2.05) is 42.5 Å². The smallest absolute Gasteiger partial charge is 0.220 e. The van der Waals surface area contributed by atoms with Gasteiger partial charge in [0.1, 0.15) is 11.5 Å². The van der Waals surface area contributed by atoms with Gasteiger partial charge in [-0.15, -0.1) is 0 Å². The molecular weight excluding hydrogens is 276 g/mol. The Morgan fingerprint density at radius 1 is 1.14 bits per heavy atom. The molecule has 0 saturated heterocycles. The molecule has 1 aliphatic carbocycles. The van der Waals surface area contributed by atoms with Crippen molar-refractivity contribution < 1.29 is 9.21 Å². The van der Waals surface area contributed by atoms with Crippen LogP contribution >= 0.6 is 0 Å². The summed E-state index contributed by atoms with van der Waals surface area (Å²) in [5, 5.41) is 6.32. The van der Waals surface area contributed by atoms with Crippen LogP contribution in [0.15, 0.2) is 46.9 Å². The van der Waals surface area contributed by atoms with Crippen molar-refractivity contribution in [2.24, 2.45) is 0 Å². The summed E-state index contributed by atoms with van der Waals surface area (Å²) in [6, 6.07) is 14.5. The van der Waals surface area contributed by atoms with Gasteiger partial charge in [-0.25, -0.2) is 0 Å². The van der Waals surface area contributed by atoms with Crippen molar-refractivity contribution in [2.75, 3.05) is 6.54 Å². The zero-order valence-corrected chi connectivity index (χ0v) is 12.7. The van der Waals surface area contributed by atoms with E-state index in [-0.39, 0.29) is 5.91 Å². The Morgan fingerprint density at radius 2 is 1.95 bits per heavy atom. The van der Waals surface area contributed by atoms with E-state index in [9.17, 15) is 4.79 Å². The Labute approximate surface area is 130 Å². The van der Waals surface area contributed by atoms with Crippen molar-refractivity contribution in [2.45, 2.75) is 38.3 Å². The third-order valence-corrected chi connectivity index (χ3v) is 3.72. The summed E-state index contributed by atoms with van der Waals surface area (Å²) >= 11 is 0. The number of benzene rings is 1. The molecular formula is C18H22N2O2. The highest BCUT2D eigenvalue weighted by atomic mass is 16.3. The molecule has 4 heteroatoms. The van der Waals surface area contributed by atoms with Crippen LogP contribution in [0.4, 0.5) is 0 Å². The van der Waals surface area contributed by atoms with Crippen molar-refractivity contribution in [3.05, 3.63) is 48.2 Å². The van der Waals surface area contributed by atoms with Crippen LogP contribution in [0.3, 0.4) is 0 Å². The van der Waals surface area contributed by atoms with Crippen molar-refractivity contribution >= 4 is 5.91 Å². The van der Waals surface area contributed by atoms with Crippen molar-refractivity contribution in [3.63, 3.8) is 0 Å². The van der Waals surface area contributed by atoms with Gasteiger partial charge in [-0.1, -0.05) is 30.3 Å². The summed E-state index contributed by atoms with van der Waals surface area (Å²) in [5.41, 5.74) is 1.09. The molecule has 2 N–H and O–H groups in total. The number of furan rings is 1. The van der Waals surface area contributed by atoms with Crippen molar-refractivity contribution in [1.29, 1.82) is 0 Å². The quantitative estimate of drug-likeness (QED) is 0.736. The normalized spacial score (nSPS) is 14.0. The second kappa shape index (κ2) is 7.27. The first-order valence-electron chi connectivity index (χ1n) is 7.95. The SMILES string of the molecule is O=C(CCCNCc1ccc(-c2ccccc2)o1)NC1CC1. The van der Waals surface area contributed by atoms with Crippen LogP contribution in [0.5, 0.6) is 0 Å². The molecule has 1 fully saturated rings. The molecule has 1 saturated carbocycles. The topological polar surface area (TPSA) is 54.3 Å². The fourth-order valence-corrected chi connectivity index (χ4v) is 2.34. The molecule has 2 aromatic rings. The molecule has 4 nitrogen and oxygen atoms in total. The highest BCUT2D eigenvalue weighted by molar-refractivity contribution is 5.76. The molecule has 0 radical (unpaired) electrons. The minimum absolute atomic E-state index is 0.175. The second-order valence-electron chi connectivity index (χ2n) is 5.75. The van der Waals surface area contributed by atoms with Crippen molar-refractivity contribution in [3.8, 4) is 11.3 Å². The molecule has 3 rings (SSSR count). The highest BCUT2D eigenvalue weighted by Gasteiger charge is 2.22. The Balaban J connectivity index is 1.35. The van der Waals surface area contributed by atoms with Crippen LogP contribution in [0.2, 0.25) is 0 Å². The molecule has 0 aliphatic heterocycles. The van der Waals surface area contributed by atoms with Crippen LogP contribution in [0.25, 0.3) is 11.3 Å². The molecule has 1 aliphatic rings. The monoisotopic (exact) mass is 298 g/mol. The molecule has 0 unspecified atom stereocenters. The van der Waals surface area contributed by atoms with Gasteiger partial charge in [0.15, 0.2) is 0 Å². The predicted molar refractivity (Wildman–Crippen MR) is 86.2 cm³/mol. The van der Waals surface area contributed by atoms with Gasteiger partial charge >= 0.3 is 0 Å². The van der Waals surface area contributed by atoms with E-state index in [0.29, 0.717) is 19.0 Å². The van der Waals surface area contributed by atoms with Gasteiger partial charge in [-0.3, -0.25) is 4.79 Å². The fourth-order valence-electron chi connectivity index (χ4n) is 2.34. The van der Waals surface area contributed by atoms with Gasteiger partial charge in [-0.2, -0.15) is 0 Å². The maximum atomic E-state index is 11.5. The average molecular weight is 298 g/mol. The molecule has 22 heavy (non-hydrogen) atoms. The lowest BCUT2D eigenvalue weighted by atomic mass is 10.2. The first-order valence-corrected chi connectivity index (χ1v) is 7.95. The lowest BCUT2D eigenvalue weighted by Gasteiger charge is -2.04. The maximum absolute atomic E-state index is 11.5. The number of amides is 1. The minimum atomic E-state index is 0.175. The van der Waals surface area contributed by atoms with Gasteiger partial charge in [0.2, 0.25) is 5.91 Å². The summed E-state index contributed by atoms with van der Waals surface area (Å²) in [6.07, 6.45) is 3.74. The van der Waals surface area contributed by atoms with E-state index < -0.39 is 0 Å². The molecule has 0 bridgehead atoms. The van der Waals surface area contributed by atoms with Crippen LogP contribution in [0, 0.1) is 0 Å². The molecule has 1 aromatic carbocycles. The second-order valence-corrected chi connectivity index (χ2v) is 5.75. The highest BCUT2D eigenvalue weighted by Crippen LogP contribution is 2.21. The molecule has 0 spiro atoms. The van der Waals surface area contributed by atoms with E-state index in [2.05, 4.69) is 10.6 Å². The molecule has 1 aromatic heterocycles. The van der Waals surface area contributed by atoms with Gasteiger partial charge in [0.25, 0.3) is 0 Å². The fraction of sp³-hybridized carbons (Fsp3) is 0.389. The van der Waals surface area contributed by atoms with Crippen LogP contribution < -0.4 is 10.6 Å². The lowest BCUT2D eigenvalue weighted by Crippen LogP contribution is -2.26. The Hall–Kier alpha value is -2.07. The minimum Gasteiger partial charge on any atom is -0.460 e. The van der Waals surface area contributed by atoms with E-state index in [4.69, 9.17) is 4.42 Å². The number of rotatable bonds is 8. The number of nitrogens with one attached hydrogen (secondary N) is 2. The molecule has 116 valence electrons. The van der Waals surface area contributed by atoms with Crippen molar-refractivity contribution in [1.82, 2.24) is 10.6 Å². The number of carbonyl (C=O) groups is 1. The van der Waals surface area contributed by atoms with Crippen LogP contribution in [0.1, 0.15) is 31.4 Å². The molecule has 0 atom stereocenters. The molecule has 1 heterocycles. The van der Waals surface area contributed by atoms with Crippen LogP contribution in [-0.4, -0.2) is 18.5 Å². The van der Waals surface area contributed by atoms with Gasteiger partial charge < -0.3 is 15.1 Å². The summed E-state index contributed by atoms with van der Waals surface area (Å²) in [7, 11) is 0. The number of carbonyl (C=O) groups excluding carboxylic acids is 1.